The molecule has 0 bridgehead atoms. The van der Waals surface area contributed by atoms with Crippen LogP contribution in [0.15, 0.2) is 30.3 Å². The summed E-state index contributed by atoms with van der Waals surface area (Å²) in [6.45, 7) is 0.375. The molecule has 0 aliphatic heterocycles. The second kappa shape index (κ2) is 7.09. The van der Waals surface area contributed by atoms with E-state index in [0.29, 0.717) is 6.47 Å². The van der Waals surface area contributed by atoms with Crippen molar-refractivity contribution in [2.45, 2.75) is 0 Å². The topological polar surface area (TPSA) is 26.3 Å². The van der Waals surface area contributed by atoms with Crippen LogP contribution in [0.5, 0.6) is 0 Å². The van der Waals surface area contributed by atoms with E-state index >= 15 is 0 Å². The molecule has 60 valence electrons. The van der Waals surface area contributed by atoms with Crippen LogP contribution in [0.1, 0.15) is 0 Å². The van der Waals surface area contributed by atoms with Crippen molar-refractivity contribution >= 4 is 18.1 Å². The third-order valence-electron chi connectivity index (χ3n) is 0.829. The molecule has 0 aromatic heterocycles. The first kappa shape index (κ1) is 9.98. The zero-order chi connectivity index (χ0) is 8.53. The number of hydrogen-bond acceptors (Lipinski definition) is 2. The maximum absolute atomic E-state index is 8.95. The first-order chi connectivity index (χ1) is 5.31. The van der Waals surface area contributed by atoms with Crippen LogP contribution in [0.4, 0.5) is 0 Å². The lowest BCUT2D eigenvalue weighted by Gasteiger charge is -1.80. The van der Waals surface area contributed by atoms with Crippen molar-refractivity contribution in [3.05, 3.63) is 35.4 Å². The van der Waals surface area contributed by atoms with Gasteiger partial charge in [0.05, 0.1) is 7.11 Å². The molecule has 0 heterocycles. The predicted molar refractivity (Wildman–Crippen MR) is 44.5 cm³/mol. The van der Waals surface area contributed by atoms with Crippen molar-refractivity contribution < 1.29 is 9.53 Å². The van der Waals surface area contributed by atoms with Gasteiger partial charge in [-0.25, -0.2) is 0 Å². The van der Waals surface area contributed by atoms with E-state index in [1.165, 1.54) is 7.11 Å². The molecule has 11 heavy (non-hydrogen) atoms. The molecule has 2 nitrogen and oxygen atoms in total. The Morgan fingerprint density at radius 3 is 2.00 bits per heavy atom. The molecule has 1 aromatic rings. The number of halogens is 1. The van der Waals surface area contributed by atoms with Gasteiger partial charge in [-0.2, -0.15) is 0 Å². The van der Waals surface area contributed by atoms with Gasteiger partial charge in [0.1, 0.15) is 0 Å². The van der Waals surface area contributed by atoms with Crippen molar-refractivity contribution in [3.63, 3.8) is 0 Å². The molecular weight excluding hydrogens is 164 g/mol. The number of ether oxygens (including phenoxy) is 1. The van der Waals surface area contributed by atoms with E-state index in [1.54, 1.807) is 0 Å². The van der Waals surface area contributed by atoms with Gasteiger partial charge in [-0.3, -0.25) is 4.79 Å². The van der Waals surface area contributed by atoms with Crippen LogP contribution < -0.4 is 0 Å². The zero-order valence-electron chi connectivity index (χ0n) is 6.16. The fraction of sp³-hybridized carbons (Fsp3) is 0.125. The molecule has 0 saturated carbocycles. The summed E-state index contributed by atoms with van der Waals surface area (Å²) in [5, 5.41) is 0.794. The van der Waals surface area contributed by atoms with Gasteiger partial charge in [0.25, 0.3) is 6.47 Å². The minimum absolute atomic E-state index is 0.375. The van der Waals surface area contributed by atoms with Crippen molar-refractivity contribution in [3.8, 4) is 0 Å². The first-order valence-corrected chi connectivity index (χ1v) is 3.36. The minimum Gasteiger partial charge on any atom is -0.471 e. The SMILES string of the molecule is COC=O.Clc1ccccc1. The second-order valence-corrected chi connectivity index (χ2v) is 2.06. The summed E-state index contributed by atoms with van der Waals surface area (Å²) < 4.78 is 3.86. The molecule has 0 N–H and O–H groups in total. The molecule has 0 fully saturated rings. The zero-order valence-corrected chi connectivity index (χ0v) is 6.91. The van der Waals surface area contributed by atoms with Crippen molar-refractivity contribution in [1.29, 1.82) is 0 Å². The van der Waals surface area contributed by atoms with Crippen LogP contribution in [0.2, 0.25) is 5.02 Å². The maximum Gasteiger partial charge on any atom is 0.292 e. The highest BCUT2D eigenvalue weighted by atomic mass is 35.5. The van der Waals surface area contributed by atoms with Gasteiger partial charge in [0.2, 0.25) is 0 Å². The Morgan fingerprint density at radius 2 is 1.82 bits per heavy atom. The van der Waals surface area contributed by atoms with Gasteiger partial charge in [-0.05, 0) is 12.1 Å². The van der Waals surface area contributed by atoms with Gasteiger partial charge >= 0.3 is 0 Å². The first-order valence-electron chi connectivity index (χ1n) is 2.98. The quantitative estimate of drug-likeness (QED) is 0.607. The molecule has 1 aromatic carbocycles. The molecule has 1 rings (SSSR count). The maximum atomic E-state index is 8.95. The summed E-state index contributed by atoms with van der Waals surface area (Å²) in [7, 11) is 1.31. The van der Waals surface area contributed by atoms with Crippen molar-refractivity contribution in [1.82, 2.24) is 0 Å². The number of methoxy groups -OCH3 is 1. The third-order valence-corrected chi connectivity index (χ3v) is 1.08. The molecule has 0 atom stereocenters. The summed E-state index contributed by atoms with van der Waals surface area (Å²) in [5.74, 6) is 0. The molecular formula is C8H9ClO2. The van der Waals surface area contributed by atoms with E-state index in [0.717, 1.165) is 5.02 Å². The number of benzene rings is 1. The largest absolute Gasteiger partial charge is 0.471 e. The summed E-state index contributed by atoms with van der Waals surface area (Å²) in [5.41, 5.74) is 0. The Labute approximate surface area is 70.7 Å². The van der Waals surface area contributed by atoms with E-state index < -0.39 is 0 Å². The molecule has 0 amide bonds. The monoisotopic (exact) mass is 172 g/mol. The highest BCUT2D eigenvalue weighted by molar-refractivity contribution is 6.30. The predicted octanol–water partition coefficient (Wildman–Crippen LogP) is 2.13. The molecule has 0 radical (unpaired) electrons. The lowest BCUT2D eigenvalue weighted by molar-refractivity contribution is -0.126. The Kier molecular flexibility index (Phi) is 6.43. The van der Waals surface area contributed by atoms with E-state index in [-0.39, 0.29) is 0 Å². The van der Waals surface area contributed by atoms with E-state index in [1.807, 2.05) is 30.3 Å². The van der Waals surface area contributed by atoms with E-state index in [4.69, 9.17) is 16.4 Å². The lowest BCUT2D eigenvalue weighted by atomic mass is 10.4. The highest BCUT2D eigenvalue weighted by Gasteiger charge is 1.74. The fourth-order valence-corrected chi connectivity index (χ4v) is 0.560. The Morgan fingerprint density at radius 1 is 1.36 bits per heavy atom. The van der Waals surface area contributed by atoms with E-state index in [2.05, 4.69) is 4.74 Å². The standard InChI is InChI=1S/C6H5Cl.C2H4O2/c7-6-4-2-1-3-5-6;1-4-2-3/h1-5H;2H,1H3. The summed E-state index contributed by atoms with van der Waals surface area (Å²) in [4.78, 5) is 8.95. The Bertz CT molecular complexity index is 187. The number of carbonyl (C=O) groups excluding carboxylic acids is 1. The third kappa shape index (κ3) is 6.87. The van der Waals surface area contributed by atoms with Gasteiger partial charge in [-0.15, -0.1) is 0 Å². The molecule has 0 aliphatic carbocycles. The molecule has 0 saturated heterocycles. The summed E-state index contributed by atoms with van der Waals surface area (Å²) in [6.07, 6.45) is 0. The lowest BCUT2D eigenvalue weighted by Crippen LogP contribution is -1.68. The average Bonchev–Trinajstić information content (AvgIpc) is 2.07. The van der Waals surface area contributed by atoms with E-state index in [9.17, 15) is 0 Å². The van der Waals surface area contributed by atoms with Crippen LogP contribution in [-0.4, -0.2) is 13.6 Å². The van der Waals surface area contributed by atoms with Crippen LogP contribution >= 0.6 is 11.6 Å². The van der Waals surface area contributed by atoms with Crippen LogP contribution in [0.25, 0.3) is 0 Å². The summed E-state index contributed by atoms with van der Waals surface area (Å²) >= 11 is 5.54. The number of carbonyl (C=O) groups is 1. The fourth-order valence-electron chi connectivity index (χ4n) is 0.415. The van der Waals surface area contributed by atoms with Crippen LogP contribution in [0, 0.1) is 0 Å². The number of hydrogen-bond donors (Lipinski definition) is 0. The van der Waals surface area contributed by atoms with Crippen molar-refractivity contribution in [2.75, 3.05) is 7.11 Å². The Balaban J connectivity index is 0.000000218. The van der Waals surface area contributed by atoms with Gasteiger partial charge in [0, 0.05) is 5.02 Å². The molecule has 0 spiro atoms. The van der Waals surface area contributed by atoms with Gasteiger partial charge in [0.15, 0.2) is 0 Å². The van der Waals surface area contributed by atoms with Crippen LogP contribution in [0.3, 0.4) is 0 Å². The van der Waals surface area contributed by atoms with Crippen LogP contribution in [-0.2, 0) is 9.53 Å². The minimum atomic E-state index is 0.375. The van der Waals surface area contributed by atoms with Crippen molar-refractivity contribution in [2.24, 2.45) is 0 Å². The molecule has 0 unspecified atom stereocenters. The van der Waals surface area contributed by atoms with Gasteiger partial charge < -0.3 is 4.74 Å². The second-order valence-electron chi connectivity index (χ2n) is 1.63. The molecule has 3 heteroatoms. The molecule has 0 aliphatic rings. The average molecular weight is 173 g/mol. The highest BCUT2D eigenvalue weighted by Crippen LogP contribution is 2.03. The normalized spacial score (nSPS) is 7.45. The Hall–Kier alpha value is -1.02. The smallest absolute Gasteiger partial charge is 0.292 e. The number of rotatable bonds is 1. The summed E-state index contributed by atoms with van der Waals surface area (Å²) in [6, 6.07) is 9.44. The van der Waals surface area contributed by atoms with Gasteiger partial charge in [-0.1, -0.05) is 29.8 Å².